The van der Waals surface area contributed by atoms with Crippen molar-refractivity contribution < 1.29 is 4.79 Å². The van der Waals surface area contributed by atoms with E-state index in [1.165, 1.54) is 63.6 Å². The molecular weight excluding hydrogens is 470 g/mol. The van der Waals surface area contributed by atoms with Crippen molar-refractivity contribution in [2.75, 3.05) is 6.54 Å². The molecule has 0 unspecified atom stereocenters. The van der Waals surface area contributed by atoms with Crippen molar-refractivity contribution in [3.8, 4) is 11.1 Å². The quantitative estimate of drug-likeness (QED) is 0.310. The molecule has 3 aromatic rings. The maximum atomic E-state index is 13.4. The number of rotatable bonds is 9. The minimum Gasteiger partial charge on any atom is -0.340 e. The Morgan fingerprint density at radius 1 is 1.03 bits per heavy atom. The van der Waals surface area contributed by atoms with Crippen molar-refractivity contribution in [2.45, 2.75) is 123 Å². The molecule has 2 fully saturated rings. The summed E-state index contributed by atoms with van der Waals surface area (Å²) in [6.07, 6.45) is 18.1. The smallest absolute Gasteiger partial charge is 0.224 e. The number of imidazole rings is 1. The zero-order valence-electron chi connectivity index (χ0n) is 24.2. The molecule has 2 aliphatic rings. The van der Waals surface area contributed by atoms with Gasteiger partial charge in [-0.1, -0.05) is 58.9 Å². The highest BCUT2D eigenvalue weighted by Crippen LogP contribution is 2.39. The van der Waals surface area contributed by atoms with Gasteiger partial charge in [-0.05, 0) is 69.1 Å². The Kier molecular flexibility index (Phi) is 10.4. The minimum absolute atomic E-state index is 0.301. The minimum atomic E-state index is 0.301. The van der Waals surface area contributed by atoms with Crippen molar-refractivity contribution in [2.24, 2.45) is 5.92 Å². The van der Waals surface area contributed by atoms with Crippen LogP contribution in [0.1, 0.15) is 116 Å². The van der Waals surface area contributed by atoms with Crippen LogP contribution in [0.3, 0.4) is 0 Å². The SMILES string of the molecule is CC.CCCC1CCC(c2nc3ccc(-c4cn[nH]c4)cc3n2CCC(=O)N(CC)C2CCCCC2)CC1. The van der Waals surface area contributed by atoms with Gasteiger partial charge in [-0.2, -0.15) is 5.10 Å². The van der Waals surface area contributed by atoms with E-state index in [2.05, 4.69) is 51.7 Å². The van der Waals surface area contributed by atoms with Crippen LogP contribution in [0.25, 0.3) is 22.2 Å². The van der Waals surface area contributed by atoms with E-state index in [1.54, 1.807) is 0 Å². The predicted molar refractivity (Wildman–Crippen MR) is 157 cm³/mol. The summed E-state index contributed by atoms with van der Waals surface area (Å²) in [7, 11) is 0. The Bertz CT molecular complexity index is 1120. The fraction of sp³-hybridized carbons (Fsp3) is 0.656. The number of aryl methyl sites for hydroxylation is 1. The fourth-order valence-corrected chi connectivity index (χ4v) is 6.78. The molecule has 0 aliphatic heterocycles. The highest BCUT2D eigenvalue weighted by atomic mass is 16.2. The molecule has 0 atom stereocenters. The third-order valence-electron chi connectivity index (χ3n) is 8.74. The summed E-state index contributed by atoms with van der Waals surface area (Å²) in [4.78, 5) is 20.8. The summed E-state index contributed by atoms with van der Waals surface area (Å²) in [6, 6.07) is 6.95. The molecule has 1 aromatic carbocycles. The summed E-state index contributed by atoms with van der Waals surface area (Å²) in [6.45, 7) is 9.95. The van der Waals surface area contributed by atoms with Crippen LogP contribution in [0, 0.1) is 5.92 Å². The van der Waals surface area contributed by atoms with Crippen molar-refractivity contribution >= 4 is 16.9 Å². The van der Waals surface area contributed by atoms with Gasteiger partial charge in [-0.25, -0.2) is 4.98 Å². The predicted octanol–water partition coefficient (Wildman–Crippen LogP) is 8.10. The number of benzene rings is 1. The molecule has 0 radical (unpaired) electrons. The summed E-state index contributed by atoms with van der Waals surface area (Å²) in [5.74, 6) is 2.85. The van der Waals surface area contributed by atoms with Crippen LogP contribution in [0.5, 0.6) is 0 Å². The largest absolute Gasteiger partial charge is 0.340 e. The number of hydrogen-bond donors (Lipinski definition) is 1. The second-order valence-corrected chi connectivity index (χ2v) is 11.0. The molecule has 1 N–H and O–H groups in total. The molecule has 5 rings (SSSR count). The van der Waals surface area contributed by atoms with Gasteiger partial charge in [0.05, 0.1) is 17.2 Å². The van der Waals surface area contributed by atoms with Gasteiger partial charge in [0.15, 0.2) is 0 Å². The van der Waals surface area contributed by atoms with Gasteiger partial charge in [-0.15, -0.1) is 0 Å². The standard InChI is InChI=1S/C30H43N5O.C2H6/c1-3-8-22-11-13-23(14-12-22)30-33-27-16-15-24(25-20-31-32-21-25)19-28(27)35(30)18-17-29(36)34(4-2)26-9-6-5-7-10-26;1-2/h15-16,19-23,26H,3-14,17-18H2,1-2H3,(H,31,32);1-2H3. The number of fused-ring (bicyclic) bond motifs is 1. The van der Waals surface area contributed by atoms with Crippen LogP contribution in [0.15, 0.2) is 30.6 Å². The molecule has 0 bridgehead atoms. The molecule has 6 nitrogen and oxygen atoms in total. The van der Waals surface area contributed by atoms with Gasteiger partial charge >= 0.3 is 0 Å². The Hall–Kier alpha value is -2.63. The zero-order chi connectivity index (χ0) is 26.9. The van der Waals surface area contributed by atoms with Gasteiger partial charge in [-0.3, -0.25) is 9.89 Å². The van der Waals surface area contributed by atoms with E-state index in [4.69, 9.17) is 4.98 Å². The molecule has 2 heterocycles. The average molecular weight is 520 g/mol. The zero-order valence-corrected chi connectivity index (χ0v) is 24.2. The first-order chi connectivity index (χ1) is 18.7. The lowest BCUT2D eigenvalue weighted by atomic mass is 9.79. The molecule has 2 aromatic heterocycles. The second-order valence-electron chi connectivity index (χ2n) is 11.0. The van der Waals surface area contributed by atoms with Gasteiger partial charge < -0.3 is 9.47 Å². The van der Waals surface area contributed by atoms with E-state index >= 15 is 0 Å². The first kappa shape index (κ1) is 28.4. The fourth-order valence-electron chi connectivity index (χ4n) is 6.78. The lowest BCUT2D eigenvalue weighted by molar-refractivity contribution is -0.134. The molecule has 1 amide bonds. The maximum Gasteiger partial charge on any atom is 0.224 e. The monoisotopic (exact) mass is 519 g/mol. The van der Waals surface area contributed by atoms with Crippen LogP contribution in [-0.4, -0.2) is 43.1 Å². The Labute approximate surface area is 229 Å². The number of aromatic amines is 1. The van der Waals surface area contributed by atoms with Gasteiger partial charge in [0.1, 0.15) is 5.82 Å². The van der Waals surface area contributed by atoms with E-state index in [9.17, 15) is 4.79 Å². The van der Waals surface area contributed by atoms with E-state index in [1.807, 2.05) is 26.2 Å². The van der Waals surface area contributed by atoms with Crippen LogP contribution >= 0.6 is 0 Å². The topological polar surface area (TPSA) is 66.8 Å². The number of carbonyl (C=O) groups is 1. The van der Waals surface area contributed by atoms with Crippen molar-refractivity contribution in [3.05, 3.63) is 36.4 Å². The van der Waals surface area contributed by atoms with Crippen LogP contribution in [0.2, 0.25) is 0 Å². The van der Waals surface area contributed by atoms with Crippen molar-refractivity contribution in [1.82, 2.24) is 24.6 Å². The molecule has 38 heavy (non-hydrogen) atoms. The number of H-pyrrole nitrogens is 1. The number of nitrogens with one attached hydrogen (secondary N) is 1. The van der Waals surface area contributed by atoms with Crippen molar-refractivity contribution in [1.29, 1.82) is 0 Å². The Morgan fingerprint density at radius 2 is 1.79 bits per heavy atom. The number of hydrogen-bond acceptors (Lipinski definition) is 3. The van der Waals surface area contributed by atoms with E-state index < -0.39 is 0 Å². The normalized spacial score (nSPS) is 20.2. The number of amides is 1. The second kappa shape index (κ2) is 14.0. The molecule has 208 valence electrons. The summed E-state index contributed by atoms with van der Waals surface area (Å²) in [5, 5.41) is 7.07. The van der Waals surface area contributed by atoms with Crippen molar-refractivity contribution in [3.63, 3.8) is 0 Å². The Balaban J connectivity index is 0.00000164. The molecule has 0 spiro atoms. The lowest BCUT2D eigenvalue weighted by Crippen LogP contribution is -2.41. The molecule has 0 saturated heterocycles. The maximum absolute atomic E-state index is 13.4. The van der Waals surface area contributed by atoms with E-state index in [0.29, 0.717) is 30.8 Å². The Morgan fingerprint density at radius 3 is 2.45 bits per heavy atom. The van der Waals surface area contributed by atoms with E-state index in [-0.39, 0.29) is 0 Å². The summed E-state index contributed by atoms with van der Waals surface area (Å²) >= 11 is 0. The third kappa shape index (κ3) is 6.50. The lowest BCUT2D eigenvalue weighted by Gasteiger charge is -2.34. The average Bonchev–Trinajstić information content (AvgIpc) is 3.63. The highest BCUT2D eigenvalue weighted by molar-refractivity contribution is 5.83. The van der Waals surface area contributed by atoms with Crippen LogP contribution in [-0.2, 0) is 11.3 Å². The number of aromatic nitrogens is 4. The van der Waals surface area contributed by atoms with Crippen LogP contribution in [0.4, 0.5) is 0 Å². The summed E-state index contributed by atoms with van der Waals surface area (Å²) < 4.78 is 2.39. The summed E-state index contributed by atoms with van der Waals surface area (Å²) in [5.41, 5.74) is 4.41. The highest BCUT2D eigenvalue weighted by Gasteiger charge is 2.28. The van der Waals surface area contributed by atoms with Crippen LogP contribution < -0.4 is 0 Å². The molecule has 2 saturated carbocycles. The van der Waals surface area contributed by atoms with Gasteiger partial charge in [0.25, 0.3) is 0 Å². The first-order valence-electron chi connectivity index (χ1n) is 15.5. The van der Waals surface area contributed by atoms with Gasteiger partial charge in [0, 0.05) is 43.2 Å². The molecular formula is C32H49N5O. The molecule has 2 aliphatic carbocycles. The van der Waals surface area contributed by atoms with Gasteiger partial charge in [0.2, 0.25) is 5.91 Å². The first-order valence-corrected chi connectivity index (χ1v) is 15.5. The van der Waals surface area contributed by atoms with E-state index in [0.717, 1.165) is 47.5 Å². The third-order valence-corrected chi connectivity index (χ3v) is 8.74. The number of nitrogens with zero attached hydrogens (tertiary/aromatic N) is 4. The number of carbonyl (C=O) groups excluding carboxylic acids is 1. The molecule has 6 heteroatoms.